The zero-order chi connectivity index (χ0) is 19.4. The fraction of sp³-hybridized carbons (Fsp3) is 0.263. The third-order valence-electron chi connectivity index (χ3n) is 4.36. The Hall–Kier alpha value is -2.93. The minimum absolute atomic E-state index is 0.0286. The van der Waals surface area contributed by atoms with E-state index in [1.807, 2.05) is 0 Å². The van der Waals surface area contributed by atoms with E-state index in [9.17, 15) is 14.4 Å². The van der Waals surface area contributed by atoms with Crippen LogP contribution in [0.2, 0.25) is 5.02 Å². The third kappa shape index (κ3) is 4.43. The summed E-state index contributed by atoms with van der Waals surface area (Å²) >= 11 is 5.85. The Balaban J connectivity index is 1.74. The monoisotopic (exact) mass is 387 g/mol. The van der Waals surface area contributed by atoms with Crippen LogP contribution in [0.15, 0.2) is 42.6 Å². The summed E-state index contributed by atoms with van der Waals surface area (Å²) in [6.07, 6.45) is 1.56. The lowest BCUT2D eigenvalue weighted by molar-refractivity contribution is -0.136. The number of aromatic nitrogens is 1. The fourth-order valence-corrected chi connectivity index (χ4v) is 3.10. The number of benzene rings is 1. The molecule has 0 aliphatic carbocycles. The van der Waals surface area contributed by atoms with Gasteiger partial charge in [0.15, 0.2) is 0 Å². The summed E-state index contributed by atoms with van der Waals surface area (Å²) in [6, 6.07) is 10.6. The number of aliphatic carboxylic acids is 1. The van der Waals surface area contributed by atoms with Gasteiger partial charge in [-0.3, -0.25) is 19.3 Å². The quantitative estimate of drug-likeness (QED) is 0.739. The Morgan fingerprint density at radius 2 is 2.00 bits per heavy atom. The number of halogens is 1. The Bertz CT molecular complexity index is 870. The first-order valence-corrected chi connectivity index (χ1v) is 8.82. The van der Waals surface area contributed by atoms with Gasteiger partial charge in [0.1, 0.15) is 11.7 Å². The Kier molecular flexibility index (Phi) is 5.71. The van der Waals surface area contributed by atoms with E-state index < -0.39 is 23.7 Å². The molecule has 0 bridgehead atoms. The maximum atomic E-state index is 12.8. The highest BCUT2D eigenvalue weighted by molar-refractivity contribution is 6.30. The van der Waals surface area contributed by atoms with Crippen LogP contribution in [-0.2, 0) is 27.3 Å². The Morgan fingerprint density at radius 3 is 2.70 bits per heavy atom. The Morgan fingerprint density at radius 1 is 1.26 bits per heavy atom. The highest BCUT2D eigenvalue weighted by Crippen LogP contribution is 2.29. The number of pyridine rings is 1. The van der Waals surface area contributed by atoms with Crippen LogP contribution < -0.4 is 10.2 Å². The van der Waals surface area contributed by atoms with Crippen molar-refractivity contribution in [3.05, 3.63) is 58.7 Å². The molecule has 2 N–H and O–H groups in total. The number of hydrogen-bond acceptors (Lipinski definition) is 4. The molecule has 0 saturated heterocycles. The summed E-state index contributed by atoms with van der Waals surface area (Å²) in [5, 5.41) is 12.3. The summed E-state index contributed by atoms with van der Waals surface area (Å²) in [5.74, 6) is -2.34. The number of hydrogen-bond donors (Lipinski definition) is 2. The number of amides is 2. The van der Waals surface area contributed by atoms with Gasteiger partial charge in [-0.15, -0.1) is 0 Å². The largest absolute Gasteiger partial charge is 0.481 e. The van der Waals surface area contributed by atoms with Crippen LogP contribution in [0, 0.1) is 5.92 Å². The zero-order valence-corrected chi connectivity index (χ0v) is 15.1. The van der Waals surface area contributed by atoms with E-state index in [1.165, 1.54) is 4.90 Å². The van der Waals surface area contributed by atoms with Crippen LogP contribution in [-0.4, -0.2) is 34.4 Å². The van der Waals surface area contributed by atoms with Gasteiger partial charge < -0.3 is 10.4 Å². The molecule has 27 heavy (non-hydrogen) atoms. The molecule has 0 saturated carbocycles. The van der Waals surface area contributed by atoms with Gasteiger partial charge >= 0.3 is 5.97 Å². The van der Waals surface area contributed by atoms with Crippen LogP contribution in [0.3, 0.4) is 0 Å². The molecule has 3 rings (SSSR count). The van der Waals surface area contributed by atoms with Crippen molar-refractivity contribution in [3.63, 3.8) is 0 Å². The van der Waals surface area contributed by atoms with Crippen molar-refractivity contribution >= 4 is 35.2 Å². The summed E-state index contributed by atoms with van der Waals surface area (Å²) in [5.41, 5.74) is 1.61. The first-order chi connectivity index (χ1) is 13.0. The molecule has 8 heteroatoms. The normalized spacial score (nSPS) is 16.0. The molecule has 0 spiro atoms. The van der Waals surface area contributed by atoms with Crippen molar-refractivity contribution in [1.29, 1.82) is 0 Å². The minimum atomic E-state index is -1.02. The first-order valence-electron chi connectivity index (χ1n) is 8.45. The second-order valence-electron chi connectivity index (χ2n) is 6.22. The van der Waals surface area contributed by atoms with E-state index >= 15 is 0 Å². The minimum Gasteiger partial charge on any atom is -0.481 e. The van der Waals surface area contributed by atoms with Crippen molar-refractivity contribution in [2.75, 3.05) is 11.4 Å². The highest BCUT2D eigenvalue weighted by atomic mass is 35.5. The molecular weight excluding hydrogens is 370 g/mol. The number of carbonyl (C=O) groups is 3. The second-order valence-corrected chi connectivity index (χ2v) is 6.66. The topological polar surface area (TPSA) is 99.6 Å². The van der Waals surface area contributed by atoms with Crippen molar-refractivity contribution in [2.45, 2.75) is 19.4 Å². The molecule has 1 aliphatic rings. The van der Waals surface area contributed by atoms with Crippen LogP contribution in [0.1, 0.15) is 17.5 Å². The van der Waals surface area contributed by atoms with Gasteiger partial charge in [0.05, 0.1) is 6.42 Å². The number of anilines is 1. The Labute approximate surface area is 161 Å². The molecule has 140 valence electrons. The van der Waals surface area contributed by atoms with E-state index in [4.69, 9.17) is 16.7 Å². The highest BCUT2D eigenvalue weighted by Gasteiger charge is 2.38. The summed E-state index contributed by atoms with van der Waals surface area (Å²) in [4.78, 5) is 41.8. The van der Waals surface area contributed by atoms with Crippen molar-refractivity contribution < 1.29 is 19.5 Å². The van der Waals surface area contributed by atoms with Crippen LogP contribution >= 0.6 is 11.6 Å². The molecule has 1 aromatic heterocycles. The van der Waals surface area contributed by atoms with E-state index in [2.05, 4.69) is 10.3 Å². The molecule has 1 aromatic carbocycles. The fourth-order valence-electron chi connectivity index (χ4n) is 2.98. The number of rotatable bonds is 6. The van der Waals surface area contributed by atoms with Gasteiger partial charge in [-0.1, -0.05) is 29.8 Å². The second kappa shape index (κ2) is 8.18. The summed E-state index contributed by atoms with van der Waals surface area (Å²) in [6.45, 7) is 0.244. The van der Waals surface area contributed by atoms with E-state index in [-0.39, 0.29) is 25.9 Å². The predicted octanol–water partition coefficient (Wildman–Crippen LogP) is 2.03. The van der Waals surface area contributed by atoms with Crippen molar-refractivity contribution in [3.8, 4) is 0 Å². The van der Waals surface area contributed by atoms with Crippen LogP contribution in [0.5, 0.6) is 0 Å². The molecule has 2 amide bonds. The maximum Gasteiger partial charge on any atom is 0.305 e. The molecular formula is C19H18ClN3O4. The molecule has 1 unspecified atom stereocenters. The zero-order valence-electron chi connectivity index (χ0n) is 14.4. The lowest BCUT2D eigenvalue weighted by Gasteiger charge is -2.32. The standard InChI is InChI=1S/C19H18ClN3O4/c20-14-5-3-12(4-6-14)11-22-18(26)15-10-13-2-1-8-21-17(13)23(19(15)27)9-7-16(24)25/h1-6,8,15H,7,9-11H2,(H,22,26)(H,24,25). The molecule has 1 aliphatic heterocycles. The lowest BCUT2D eigenvalue weighted by atomic mass is 9.92. The maximum absolute atomic E-state index is 12.8. The lowest BCUT2D eigenvalue weighted by Crippen LogP contribution is -2.48. The van der Waals surface area contributed by atoms with Gasteiger partial charge in [-0.05, 0) is 35.7 Å². The van der Waals surface area contributed by atoms with Gasteiger partial charge in [0.25, 0.3) is 0 Å². The average molecular weight is 388 g/mol. The summed E-state index contributed by atoms with van der Waals surface area (Å²) < 4.78 is 0. The van der Waals surface area contributed by atoms with Crippen LogP contribution in [0.25, 0.3) is 0 Å². The third-order valence-corrected chi connectivity index (χ3v) is 4.61. The molecule has 7 nitrogen and oxygen atoms in total. The molecule has 2 aromatic rings. The van der Waals surface area contributed by atoms with E-state index in [0.29, 0.717) is 10.8 Å². The SMILES string of the molecule is O=C(O)CCN1C(=O)C(C(=O)NCc2ccc(Cl)cc2)Cc2cccnc21. The van der Waals surface area contributed by atoms with Gasteiger partial charge in [-0.25, -0.2) is 4.98 Å². The first kappa shape index (κ1) is 18.8. The molecule has 0 radical (unpaired) electrons. The number of nitrogens with zero attached hydrogens (tertiary/aromatic N) is 2. The predicted molar refractivity (Wildman–Crippen MR) is 99.3 cm³/mol. The van der Waals surface area contributed by atoms with Gasteiger partial charge in [0, 0.05) is 24.3 Å². The average Bonchev–Trinajstić information content (AvgIpc) is 2.66. The van der Waals surface area contributed by atoms with E-state index in [0.717, 1.165) is 11.1 Å². The van der Waals surface area contributed by atoms with E-state index in [1.54, 1.807) is 42.6 Å². The van der Waals surface area contributed by atoms with Gasteiger partial charge in [-0.2, -0.15) is 0 Å². The number of carboxylic acids is 1. The number of nitrogens with one attached hydrogen (secondary N) is 1. The summed E-state index contributed by atoms with van der Waals surface area (Å²) in [7, 11) is 0. The van der Waals surface area contributed by atoms with Crippen LogP contribution in [0.4, 0.5) is 5.82 Å². The molecule has 1 atom stereocenters. The van der Waals surface area contributed by atoms with Crippen molar-refractivity contribution in [1.82, 2.24) is 10.3 Å². The number of carbonyl (C=O) groups excluding carboxylic acids is 2. The number of carboxylic acid groups (broad SMARTS) is 1. The number of fused-ring (bicyclic) bond motifs is 1. The molecule has 0 fully saturated rings. The molecule has 2 heterocycles. The van der Waals surface area contributed by atoms with Crippen molar-refractivity contribution in [2.24, 2.45) is 5.92 Å². The smallest absolute Gasteiger partial charge is 0.305 e. The van der Waals surface area contributed by atoms with Gasteiger partial charge in [0.2, 0.25) is 11.8 Å².